The smallest absolute Gasteiger partial charge is 0.339 e. The average molecular weight is 277 g/mol. The maximum absolute atomic E-state index is 11.5. The van der Waals surface area contributed by atoms with E-state index in [1.165, 1.54) is 6.20 Å². The third kappa shape index (κ3) is 4.22. The molecule has 0 radical (unpaired) electrons. The monoisotopic (exact) mass is 277 g/mol. The van der Waals surface area contributed by atoms with Crippen LogP contribution in [0.3, 0.4) is 0 Å². The highest BCUT2D eigenvalue weighted by molar-refractivity contribution is 5.93. The summed E-state index contributed by atoms with van der Waals surface area (Å²) in [5.74, 6) is -0.940. The van der Waals surface area contributed by atoms with E-state index in [2.05, 4.69) is 15.6 Å². The van der Waals surface area contributed by atoms with E-state index in [4.69, 9.17) is 5.11 Å². The van der Waals surface area contributed by atoms with Gasteiger partial charge in [-0.25, -0.2) is 4.79 Å². The van der Waals surface area contributed by atoms with E-state index in [0.717, 1.165) is 18.5 Å². The number of carbonyl (C=O) groups is 2. The first-order valence-electron chi connectivity index (χ1n) is 6.79. The number of rotatable bonds is 7. The van der Waals surface area contributed by atoms with Gasteiger partial charge in [0.25, 0.3) is 0 Å². The average Bonchev–Trinajstić information content (AvgIpc) is 3.18. The molecule has 1 aliphatic rings. The number of pyridine rings is 1. The summed E-state index contributed by atoms with van der Waals surface area (Å²) in [4.78, 5) is 26.5. The summed E-state index contributed by atoms with van der Waals surface area (Å²) in [5.41, 5.74) is 1.45. The molecule has 1 fully saturated rings. The minimum atomic E-state index is -1.01. The SMILES string of the molecule is Cc1cc(NCCCC(=O)NC2CC2)c(C(=O)O)cn1. The maximum Gasteiger partial charge on any atom is 0.339 e. The predicted molar refractivity (Wildman–Crippen MR) is 74.8 cm³/mol. The molecule has 0 saturated heterocycles. The zero-order valence-corrected chi connectivity index (χ0v) is 11.5. The normalized spacial score (nSPS) is 13.8. The topological polar surface area (TPSA) is 91.3 Å². The molecule has 1 amide bonds. The molecule has 20 heavy (non-hydrogen) atoms. The van der Waals surface area contributed by atoms with Gasteiger partial charge in [-0.05, 0) is 32.3 Å². The zero-order chi connectivity index (χ0) is 14.5. The summed E-state index contributed by atoms with van der Waals surface area (Å²) in [6.45, 7) is 2.36. The lowest BCUT2D eigenvalue weighted by atomic mass is 10.2. The number of amides is 1. The van der Waals surface area contributed by atoms with Crippen LogP contribution in [0.5, 0.6) is 0 Å². The molecule has 2 rings (SSSR count). The number of aryl methyl sites for hydroxylation is 1. The molecule has 0 aromatic carbocycles. The molecule has 0 atom stereocenters. The molecule has 1 aliphatic carbocycles. The van der Waals surface area contributed by atoms with Crippen molar-refractivity contribution >= 4 is 17.6 Å². The van der Waals surface area contributed by atoms with Gasteiger partial charge in [0.05, 0.1) is 5.69 Å². The highest BCUT2D eigenvalue weighted by Gasteiger charge is 2.22. The molecule has 1 saturated carbocycles. The van der Waals surface area contributed by atoms with E-state index in [1.54, 1.807) is 13.0 Å². The van der Waals surface area contributed by atoms with E-state index in [0.29, 0.717) is 31.1 Å². The summed E-state index contributed by atoms with van der Waals surface area (Å²) < 4.78 is 0. The van der Waals surface area contributed by atoms with Crippen LogP contribution in [0.25, 0.3) is 0 Å². The number of carboxylic acids is 1. The lowest BCUT2D eigenvalue weighted by Crippen LogP contribution is -2.25. The lowest BCUT2D eigenvalue weighted by Gasteiger charge is -2.10. The molecule has 3 N–H and O–H groups in total. The van der Waals surface area contributed by atoms with Gasteiger partial charge in [0.15, 0.2) is 0 Å². The molecule has 0 unspecified atom stereocenters. The van der Waals surface area contributed by atoms with Gasteiger partial charge in [0.2, 0.25) is 5.91 Å². The van der Waals surface area contributed by atoms with Crippen molar-refractivity contribution in [3.63, 3.8) is 0 Å². The van der Waals surface area contributed by atoms with Gasteiger partial charge in [0.1, 0.15) is 5.56 Å². The number of nitrogens with one attached hydrogen (secondary N) is 2. The Labute approximate surface area is 117 Å². The van der Waals surface area contributed by atoms with E-state index in [-0.39, 0.29) is 11.5 Å². The van der Waals surface area contributed by atoms with Gasteiger partial charge < -0.3 is 15.7 Å². The van der Waals surface area contributed by atoms with Crippen LogP contribution in [0.4, 0.5) is 5.69 Å². The van der Waals surface area contributed by atoms with Crippen LogP contribution < -0.4 is 10.6 Å². The molecule has 0 bridgehead atoms. The van der Waals surface area contributed by atoms with Crippen molar-refractivity contribution in [3.8, 4) is 0 Å². The van der Waals surface area contributed by atoms with Crippen LogP contribution in [0, 0.1) is 6.92 Å². The molecule has 108 valence electrons. The Bertz CT molecular complexity index is 512. The summed E-state index contributed by atoms with van der Waals surface area (Å²) in [7, 11) is 0. The van der Waals surface area contributed by atoms with Crippen LogP contribution in [-0.2, 0) is 4.79 Å². The van der Waals surface area contributed by atoms with E-state index >= 15 is 0 Å². The number of carboxylic acid groups (broad SMARTS) is 1. The van der Waals surface area contributed by atoms with Crippen molar-refractivity contribution in [3.05, 3.63) is 23.5 Å². The number of carbonyl (C=O) groups excluding carboxylic acids is 1. The van der Waals surface area contributed by atoms with Crippen LogP contribution in [-0.4, -0.2) is 34.6 Å². The number of anilines is 1. The molecule has 0 spiro atoms. The van der Waals surface area contributed by atoms with E-state index in [9.17, 15) is 9.59 Å². The van der Waals surface area contributed by atoms with Gasteiger partial charge in [-0.2, -0.15) is 0 Å². The highest BCUT2D eigenvalue weighted by Crippen LogP contribution is 2.19. The molecule has 1 aromatic heterocycles. The number of hydrogen-bond acceptors (Lipinski definition) is 4. The molecular weight excluding hydrogens is 258 g/mol. The first kappa shape index (κ1) is 14.3. The summed E-state index contributed by atoms with van der Waals surface area (Å²) >= 11 is 0. The quantitative estimate of drug-likeness (QED) is 0.658. The fourth-order valence-corrected chi connectivity index (χ4v) is 1.88. The second-order valence-electron chi connectivity index (χ2n) is 5.05. The fourth-order valence-electron chi connectivity index (χ4n) is 1.88. The Morgan fingerprint density at radius 3 is 2.85 bits per heavy atom. The lowest BCUT2D eigenvalue weighted by molar-refractivity contribution is -0.121. The second kappa shape index (κ2) is 6.36. The van der Waals surface area contributed by atoms with Crippen molar-refractivity contribution in [1.82, 2.24) is 10.3 Å². The number of aromatic nitrogens is 1. The van der Waals surface area contributed by atoms with E-state index in [1.807, 2.05) is 0 Å². The molecule has 1 aromatic rings. The Morgan fingerprint density at radius 2 is 2.20 bits per heavy atom. The van der Waals surface area contributed by atoms with Gasteiger partial charge in [-0.3, -0.25) is 9.78 Å². The summed E-state index contributed by atoms with van der Waals surface area (Å²) in [6.07, 6.45) is 4.64. The fraction of sp³-hybridized carbons (Fsp3) is 0.500. The van der Waals surface area contributed by atoms with Gasteiger partial charge >= 0.3 is 5.97 Å². The van der Waals surface area contributed by atoms with Gasteiger partial charge in [0, 0.05) is 30.9 Å². The summed E-state index contributed by atoms with van der Waals surface area (Å²) in [6, 6.07) is 2.09. The third-order valence-electron chi connectivity index (χ3n) is 3.11. The largest absolute Gasteiger partial charge is 0.478 e. The zero-order valence-electron chi connectivity index (χ0n) is 11.5. The standard InChI is InChI=1S/C14H19N3O3/c1-9-7-12(11(8-16-9)14(19)20)15-6-2-3-13(18)17-10-4-5-10/h7-8,10H,2-6H2,1H3,(H,15,16)(H,17,18)(H,19,20). The Balaban J connectivity index is 1.79. The van der Waals surface area contributed by atoms with Crippen LogP contribution in [0.15, 0.2) is 12.3 Å². The Kier molecular flexibility index (Phi) is 4.55. The van der Waals surface area contributed by atoms with Crippen LogP contribution >= 0.6 is 0 Å². The van der Waals surface area contributed by atoms with Gasteiger partial charge in [-0.15, -0.1) is 0 Å². The second-order valence-corrected chi connectivity index (χ2v) is 5.05. The molecular formula is C14H19N3O3. The van der Waals surface area contributed by atoms with Crippen molar-refractivity contribution in [2.24, 2.45) is 0 Å². The Hall–Kier alpha value is -2.11. The molecule has 6 heteroatoms. The predicted octanol–water partition coefficient (Wildman–Crippen LogP) is 1.56. The number of nitrogens with zero attached hydrogens (tertiary/aromatic N) is 1. The van der Waals surface area contributed by atoms with Crippen molar-refractivity contribution in [1.29, 1.82) is 0 Å². The maximum atomic E-state index is 11.5. The van der Waals surface area contributed by atoms with Crippen molar-refractivity contribution < 1.29 is 14.7 Å². The van der Waals surface area contributed by atoms with Crippen molar-refractivity contribution in [2.45, 2.75) is 38.6 Å². The minimum Gasteiger partial charge on any atom is -0.478 e. The van der Waals surface area contributed by atoms with Gasteiger partial charge in [-0.1, -0.05) is 0 Å². The van der Waals surface area contributed by atoms with Crippen LogP contribution in [0.2, 0.25) is 0 Å². The first-order valence-corrected chi connectivity index (χ1v) is 6.79. The minimum absolute atomic E-state index is 0.0682. The summed E-state index contributed by atoms with van der Waals surface area (Å²) in [5, 5.41) is 15.0. The highest BCUT2D eigenvalue weighted by atomic mass is 16.4. The number of hydrogen-bond donors (Lipinski definition) is 3. The number of aromatic carboxylic acids is 1. The molecule has 6 nitrogen and oxygen atoms in total. The van der Waals surface area contributed by atoms with Crippen LogP contribution in [0.1, 0.15) is 41.7 Å². The van der Waals surface area contributed by atoms with Crippen molar-refractivity contribution in [2.75, 3.05) is 11.9 Å². The molecule has 1 heterocycles. The Morgan fingerprint density at radius 1 is 1.45 bits per heavy atom. The molecule has 0 aliphatic heterocycles. The third-order valence-corrected chi connectivity index (χ3v) is 3.11. The first-order chi connectivity index (χ1) is 9.56. The van der Waals surface area contributed by atoms with E-state index < -0.39 is 5.97 Å².